The Morgan fingerprint density at radius 1 is 0.784 bits per heavy atom. The highest BCUT2D eigenvalue weighted by atomic mass is 127. The molecule has 2 saturated heterocycles. The molecule has 5 rings (SSSR count). The Morgan fingerprint density at radius 2 is 1.25 bits per heavy atom. The second kappa shape index (κ2) is 16.0. The van der Waals surface area contributed by atoms with Crippen molar-refractivity contribution in [3.8, 4) is 22.5 Å². The van der Waals surface area contributed by atoms with Gasteiger partial charge in [-0.1, -0.05) is 65.8 Å². The summed E-state index contributed by atoms with van der Waals surface area (Å²) >= 11 is 2.22. The van der Waals surface area contributed by atoms with Crippen molar-refractivity contribution >= 4 is 46.6 Å². The van der Waals surface area contributed by atoms with Crippen molar-refractivity contribution in [3.63, 3.8) is 0 Å². The highest BCUT2D eigenvalue weighted by Gasteiger charge is 2.41. The SMILES string of the molecule is COC(=O)N[C@H](C(=O)N1C[C@@H](C)C[C@H]1c1ncc(-c2ccc(-c3[nH]c([C@@H]4C[C@H](C)CN4C(=O)[C@@H](NC(=O)OC)C(C)C)nc3I)cc2)[nH]1)C(C)C. The maximum absolute atomic E-state index is 13.7. The summed E-state index contributed by atoms with van der Waals surface area (Å²) in [5, 5.41) is 5.41. The van der Waals surface area contributed by atoms with E-state index >= 15 is 0 Å². The van der Waals surface area contributed by atoms with Crippen LogP contribution in [0.25, 0.3) is 22.5 Å². The summed E-state index contributed by atoms with van der Waals surface area (Å²) in [5.41, 5.74) is 3.56. The van der Waals surface area contributed by atoms with Gasteiger partial charge in [0.15, 0.2) is 0 Å². The number of benzene rings is 1. The summed E-state index contributed by atoms with van der Waals surface area (Å²) in [7, 11) is 2.57. The van der Waals surface area contributed by atoms with Crippen LogP contribution in [0, 0.1) is 27.4 Å². The fraction of sp³-hybridized carbons (Fsp3) is 0.556. The summed E-state index contributed by atoms with van der Waals surface area (Å²) in [4.78, 5) is 71.5. The van der Waals surface area contributed by atoms with Crippen LogP contribution >= 0.6 is 22.6 Å². The van der Waals surface area contributed by atoms with Gasteiger partial charge >= 0.3 is 12.2 Å². The molecule has 6 atom stereocenters. The van der Waals surface area contributed by atoms with Crippen LogP contribution in [-0.2, 0) is 19.1 Å². The molecule has 2 aliphatic rings. The topological polar surface area (TPSA) is 175 Å². The minimum atomic E-state index is -0.713. The molecule has 3 aromatic rings. The molecule has 14 nitrogen and oxygen atoms in total. The lowest BCUT2D eigenvalue weighted by atomic mass is 10.0. The predicted molar refractivity (Wildman–Crippen MR) is 199 cm³/mol. The molecule has 0 aliphatic carbocycles. The van der Waals surface area contributed by atoms with Gasteiger partial charge in [0.2, 0.25) is 11.8 Å². The van der Waals surface area contributed by atoms with Gasteiger partial charge < -0.3 is 39.9 Å². The van der Waals surface area contributed by atoms with Crippen LogP contribution in [0.3, 0.4) is 0 Å². The quantitative estimate of drug-likeness (QED) is 0.190. The van der Waals surface area contributed by atoms with Gasteiger partial charge in [0.25, 0.3) is 0 Å². The van der Waals surface area contributed by atoms with Crippen molar-refractivity contribution in [1.29, 1.82) is 0 Å². The average molecular weight is 817 g/mol. The molecule has 0 bridgehead atoms. The van der Waals surface area contributed by atoms with Crippen molar-refractivity contribution in [1.82, 2.24) is 40.4 Å². The number of halogens is 1. The molecule has 1 aromatic carbocycles. The number of hydrogen-bond donors (Lipinski definition) is 4. The smallest absolute Gasteiger partial charge is 0.407 e. The first kappa shape index (κ1) is 38.1. The van der Waals surface area contributed by atoms with Gasteiger partial charge in [0, 0.05) is 18.7 Å². The van der Waals surface area contributed by atoms with Gasteiger partial charge in [-0.3, -0.25) is 9.59 Å². The Hall–Kier alpha value is -4.15. The Morgan fingerprint density at radius 3 is 1.73 bits per heavy atom. The van der Waals surface area contributed by atoms with Crippen LogP contribution in [0.2, 0.25) is 0 Å². The average Bonchev–Trinajstić information content (AvgIpc) is 3.91. The first-order valence-electron chi connectivity index (χ1n) is 17.4. The zero-order valence-electron chi connectivity index (χ0n) is 30.5. The van der Waals surface area contributed by atoms with Crippen molar-refractivity contribution in [3.05, 3.63) is 45.8 Å². The number of amides is 4. The van der Waals surface area contributed by atoms with Crippen molar-refractivity contribution < 1.29 is 28.7 Å². The lowest BCUT2D eigenvalue weighted by Gasteiger charge is -2.30. The normalized spacial score (nSPS) is 21.5. The molecule has 0 spiro atoms. The van der Waals surface area contributed by atoms with E-state index in [1.54, 1.807) is 6.20 Å². The van der Waals surface area contributed by atoms with Crippen LogP contribution in [-0.4, -0.2) is 93.1 Å². The molecule has 2 aliphatic heterocycles. The first-order chi connectivity index (χ1) is 24.2. The molecule has 0 unspecified atom stereocenters. The second-order valence-electron chi connectivity index (χ2n) is 14.5. The van der Waals surface area contributed by atoms with Crippen molar-refractivity contribution in [2.45, 2.75) is 78.6 Å². The molecule has 2 fully saturated rings. The van der Waals surface area contributed by atoms with Gasteiger partial charge in [-0.05, 0) is 64.7 Å². The molecule has 15 heteroatoms. The zero-order valence-corrected chi connectivity index (χ0v) is 32.6. The lowest BCUT2D eigenvalue weighted by Crippen LogP contribution is -2.51. The standard InChI is InChI=1S/C36H49IN8O6/c1-18(2)27(41-35(48)50-7)33(46)44-16-20(5)13-25(44)31-38-15-24(39-31)22-9-11-23(12-10-22)29-30(37)43-32(40-29)26-14-21(6)17-45(26)34(47)28(19(3)4)42-36(49)51-8/h9-12,15,18-21,25-28H,13-14,16-17H2,1-8H3,(H,38,39)(H,40,43)(H,41,48)(H,42,49)/t20-,21-,25-,26-,27-,28-/m0/s1. The van der Waals surface area contributed by atoms with Gasteiger partial charge in [0.1, 0.15) is 27.4 Å². The number of likely N-dealkylation sites (tertiary alicyclic amines) is 2. The van der Waals surface area contributed by atoms with Crippen molar-refractivity contribution in [2.75, 3.05) is 27.3 Å². The third-order valence-electron chi connectivity index (χ3n) is 9.76. The minimum Gasteiger partial charge on any atom is -0.453 e. The van der Waals surface area contributed by atoms with Crippen LogP contribution in [0.4, 0.5) is 9.59 Å². The predicted octanol–water partition coefficient (Wildman–Crippen LogP) is 5.65. The molecule has 4 amide bonds. The molecular weight excluding hydrogens is 767 g/mol. The van der Waals surface area contributed by atoms with E-state index in [9.17, 15) is 19.2 Å². The van der Waals surface area contributed by atoms with Gasteiger partial charge in [-0.15, -0.1) is 0 Å². The number of aromatic amines is 2. The molecule has 51 heavy (non-hydrogen) atoms. The first-order valence-corrected chi connectivity index (χ1v) is 18.5. The van der Waals surface area contributed by atoms with E-state index in [4.69, 9.17) is 19.4 Å². The van der Waals surface area contributed by atoms with Gasteiger partial charge in [-0.25, -0.2) is 19.6 Å². The van der Waals surface area contributed by atoms with Crippen LogP contribution in [0.15, 0.2) is 30.5 Å². The zero-order chi connectivity index (χ0) is 37.1. The number of imidazole rings is 2. The third-order valence-corrected chi connectivity index (χ3v) is 10.5. The summed E-state index contributed by atoms with van der Waals surface area (Å²) in [6.45, 7) is 12.9. The van der Waals surface area contributed by atoms with E-state index in [-0.39, 0.29) is 47.6 Å². The molecule has 276 valence electrons. The summed E-state index contributed by atoms with van der Waals surface area (Å²) in [5.74, 6) is 1.39. The lowest BCUT2D eigenvalue weighted by molar-refractivity contribution is -0.136. The fourth-order valence-electron chi connectivity index (χ4n) is 7.04. The molecule has 0 radical (unpaired) electrons. The number of nitrogens with one attached hydrogen (secondary N) is 4. The monoisotopic (exact) mass is 816 g/mol. The fourth-order valence-corrected chi connectivity index (χ4v) is 7.75. The Bertz CT molecular complexity index is 1720. The number of nitrogens with zero attached hydrogens (tertiary/aromatic N) is 4. The summed E-state index contributed by atoms with van der Waals surface area (Å²) < 4.78 is 10.3. The van der Waals surface area contributed by atoms with Crippen LogP contribution in [0.5, 0.6) is 0 Å². The molecule has 0 saturated carbocycles. The molecule has 4 N–H and O–H groups in total. The number of carbonyl (C=O) groups excluding carboxylic acids is 4. The van der Waals surface area contributed by atoms with E-state index in [0.29, 0.717) is 24.7 Å². The highest BCUT2D eigenvalue weighted by molar-refractivity contribution is 14.1. The number of ether oxygens (including phenoxy) is 2. The number of methoxy groups -OCH3 is 2. The second-order valence-corrected chi connectivity index (χ2v) is 15.5. The van der Waals surface area contributed by atoms with E-state index < -0.39 is 24.3 Å². The van der Waals surface area contributed by atoms with Gasteiger partial charge in [0.05, 0.1) is 43.9 Å². The van der Waals surface area contributed by atoms with Crippen LogP contribution < -0.4 is 10.6 Å². The summed E-state index contributed by atoms with van der Waals surface area (Å²) in [6.07, 6.45) is 2.02. The number of carbonyl (C=O) groups is 4. The number of hydrogen-bond acceptors (Lipinski definition) is 8. The maximum Gasteiger partial charge on any atom is 0.407 e. The Labute approximate surface area is 312 Å². The minimum absolute atomic E-state index is 0.122. The highest BCUT2D eigenvalue weighted by Crippen LogP contribution is 2.38. The van der Waals surface area contributed by atoms with E-state index in [0.717, 1.165) is 39.1 Å². The Kier molecular flexibility index (Phi) is 12.0. The third kappa shape index (κ3) is 8.33. The number of aromatic nitrogens is 4. The molecule has 4 heterocycles. The number of alkyl carbamates (subject to hydrolysis) is 2. The van der Waals surface area contributed by atoms with Crippen LogP contribution in [0.1, 0.15) is 78.1 Å². The number of H-pyrrole nitrogens is 2. The molecular formula is C36H49IN8O6. The van der Waals surface area contributed by atoms with Crippen molar-refractivity contribution in [2.24, 2.45) is 23.7 Å². The van der Waals surface area contributed by atoms with E-state index in [2.05, 4.69) is 57.0 Å². The Balaban J connectivity index is 1.33. The maximum atomic E-state index is 13.7. The van der Waals surface area contributed by atoms with E-state index in [1.807, 2.05) is 61.8 Å². The van der Waals surface area contributed by atoms with E-state index in [1.165, 1.54) is 14.2 Å². The largest absolute Gasteiger partial charge is 0.453 e. The van der Waals surface area contributed by atoms with Gasteiger partial charge in [-0.2, -0.15) is 0 Å². The molecule has 2 aromatic heterocycles. The summed E-state index contributed by atoms with van der Waals surface area (Å²) in [6, 6.07) is 6.13. The number of rotatable bonds is 10.